The number of benzene rings is 1. The molecule has 2 nitrogen and oxygen atoms in total. The first-order valence-corrected chi connectivity index (χ1v) is 7.09. The molecule has 0 aliphatic carbocycles. The van der Waals surface area contributed by atoms with Gasteiger partial charge in [0.05, 0.1) is 6.26 Å². The summed E-state index contributed by atoms with van der Waals surface area (Å²) in [7, 11) is 0. The second-order valence-corrected chi connectivity index (χ2v) is 4.98. The van der Waals surface area contributed by atoms with Gasteiger partial charge >= 0.3 is 0 Å². The lowest BCUT2D eigenvalue weighted by molar-refractivity contribution is 0.511. The van der Waals surface area contributed by atoms with Gasteiger partial charge in [0.1, 0.15) is 5.76 Å². The van der Waals surface area contributed by atoms with Crippen molar-refractivity contribution in [3.63, 3.8) is 0 Å². The molecule has 1 aromatic carbocycles. The highest BCUT2D eigenvalue weighted by atomic mass is 16.3. The maximum Gasteiger partial charge on any atom is 0.101 e. The lowest BCUT2D eigenvalue weighted by atomic mass is 9.99. The summed E-state index contributed by atoms with van der Waals surface area (Å²) >= 11 is 0. The SMILES string of the molecule is CCNC(Cc1ccc(CC)cc1)c1coc(C)c1. The number of furan rings is 1. The summed E-state index contributed by atoms with van der Waals surface area (Å²) < 4.78 is 5.43. The number of nitrogens with one attached hydrogen (secondary N) is 1. The maximum atomic E-state index is 5.43. The summed E-state index contributed by atoms with van der Waals surface area (Å²) in [5.74, 6) is 0.972. The molecule has 19 heavy (non-hydrogen) atoms. The van der Waals surface area contributed by atoms with Gasteiger partial charge in [-0.2, -0.15) is 0 Å². The molecule has 0 spiro atoms. The summed E-state index contributed by atoms with van der Waals surface area (Å²) in [5, 5.41) is 3.53. The van der Waals surface area contributed by atoms with Gasteiger partial charge in [0.25, 0.3) is 0 Å². The van der Waals surface area contributed by atoms with Crippen LogP contribution in [0.15, 0.2) is 41.0 Å². The Labute approximate surface area is 115 Å². The van der Waals surface area contributed by atoms with E-state index in [2.05, 4.69) is 49.5 Å². The van der Waals surface area contributed by atoms with Crippen LogP contribution >= 0.6 is 0 Å². The monoisotopic (exact) mass is 257 g/mol. The minimum atomic E-state index is 0.329. The van der Waals surface area contributed by atoms with Gasteiger partial charge in [-0.1, -0.05) is 38.1 Å². The first kappa shape index (κ1) is 13.9. The van der Waals surface area contributed by atoms with Crippen molar-refractivity contribution in [1.29, 1.82) is 0 Å². The van der Waals surface area contributed by atoms with Gasteiger partial charge in [-0.3, -0.25) is 0 Å². The fraction of sp³-hybridized carbons (Fsp3) is 0.412. The van der Waals surface area contributed by atoms with E-state index >= 15 is 0 Å². The third-order valence-electron chi connectivity index (χ3n) is 3.47. The lowest BCUT2D eigenvalue weighted by Crippen LogP contribution is -2.22. The molecule has 1 aromatic heterocycles. The molecule has 2 rings (SSSR count). The van der Waals surface area contributed by atoms with E-state index in [4.69, 9.17) is 4.42 Å². The van der Waals surface area contributed by atoms with Crippen molar-refractivity contribution in [1.82, 2.24) is 5.32 Å². The molecule has 0 saturated heterocycles. The molecule has 0 aliphatic rings. The molecule has 0 saturated carbocycles. The fourth-order valence-electron chi connectivity index (χ4n) is 2.35. The predicted octanol–water partition coefficient (Wildman–Crippen LogP) is 4.04. The number of likely N-dealkylation sites (N-methyl/N-ethyl adjacent to an activating group) is 1. The van der Waals surface area contributed by atoms with Crippen LogP contribution < -0.4 is 5.32 Å². The Morgan fingerprint density at radius 2 is 1.79 bits per heavy atom. The van der Waals surface area contributed by atoms with E-state index in [1.165, 1.54) is 16.7 Å². The zero-order chi connectivity index (χ0) is 13.7. The Kier molecular flexibility index (Phi) is 4.80. The Morgan fingerprint density at radius 3 is 2.32 bits per heavy atom. The highest BCUT2D eigenvalue weighted by Crippen LogP contribution is 2.21. The van der Waals surface area contributed by atoms with E-state index in [-0.39, 0.29) is 0 Å². The fourth-order valence-corrected chi connectivity index (χ4v) is 2.35. The summed E-state index contributed by atoms with van der Waals surface area (Å²) in [6.07, 6.45) is 3.96. The summed E-state index contributed by atoms with van der Waals surface area (Å²) in [5.41, 5.74) is 3.99. The van der Waals surface area contributed by atoms with Gasteiger partial charge in [0, 0.05) is 11.6 Å². The zero-order valence-corrected chi connectivity index (χ0v) is 12.1. The zero-order valence-electron chi connectivity index (χ0n) is 12.1. The quantitative estimate of drug-likeness (QED) is 0.844. The second-order valence-electron chi connectivity index (χ2n) is 4.98. The van der Waals surface area contributed by atoms with Crippen molar-refractivity contribution in [3.05, 3.63) is 59.0 Å². The van der Waals surface area contributed by atoms with Crippen LogP contribution in [0.1, 0.15) is 42.3 Å². The largest absolute Gasteiger partial charge is 0.469 e. The topological polar surface area (TPSA) is 25.2 Å². The van der Waals surface area contributed by atoms with Crippen molar-refractivity contribution in [2.75, 3.05) is 6.54 Å². The van der Waals surface area contributed by atoms with Crippen molar-refractivity contribution < 1.29 is 4.42 Å². The van der Waals surface area contributed by atoms with E-state index in [9.17, 15) is 0 Å². The summed E-state index contributed by atoms with van der Waals surface area (Å²) in [4.78, 5) is 0. The molecular weight excluding hydrogens is 234 g/mol. The molecule has 1 atom stereocenters. The van der Waals surface area contributed by atoms with E-state index in [1.807, 2.05) is 13.2 Å². The third kappa shape index (κ3) is 3.71. The Morgan fingerprint density at radius 1 is 1.11 bits per heavy atom. The standard InChI is InChI=1S/C17H23NO/c1-4-14-6-8-15(9-7-14)11-17(18-5-2)16-10-13(3)19-12-16/h6-10,12,17-18H,4-5,11H2,1-3H3. The minimum absolute atomic E-state index is 0.329. The summed E-state index contributed by atoms with van der Waals surface area (Å²) in [6.45, 7) is 7.27. The van der Waals surface area contributed by atoms with Gasteiger partial charge < -0.3 is 9.73 Å². The van der Waals surface area contributed by atoms with Gasteiger partial charge in [-0.15, -0.1) is 0 Å². The molecule has 0 amide bonds. The average molecular weight is 257 g/mol. The molecular formula is C17H23NO. The molecule has 102 valence electrons. The maximum absolute atomic E-state index is 5.43. The number of hydrogen-bond acceptors (Lipinski definition) is 2. The molecule has 1 unspecified atom stereocenters. The molecule has 2 heteroatoms. The molecule has 0 fully saturated rings. The molecule has 0 aliphatic heterocycles. The van der Waals surface area contributed by atoms with Crippen molar-refractivity contribution in [2.45, 2.75) is 39.7 Å². The van der Waals surface area contributed by atoms with E-state index in [0.717, 1.165) is 25.1 Å². The smallest absolute Gasteiger partial charge is 0.101 e. The van der Waals surface area contributed by atoms with Crippen LogP contribution in [-0.4, -0.2) is 6.54 Å². The van der Waals surface area contributed by atoms with Crippen molar-refractivity contribution in [3.8, 4) is 0 Å². The molecule has 2 aromatic rings. The van der Waals surface area contributed by atoms with Crippen LogP contribution in [0.2, 0.25) is 0 Å². The highest BCUT2D eigenvalue weighted by molar-refractivity contribution is 5.26. The normalized spacial score (nSPS) is 12.6. The van der Waals surface area contributed by atoms with Crippen LogP contribution in [0.5, 0.6) is 0 Å². The van der Waals surface area contributed by atoms with Crippen LogP contribution in [-0.2, 0) is 12.8 Å². The molecule has 1 heterocycles. The van der Waals surface area contributed by atoms with Crippen LogP contribution in [0.4, 0.5) is 0 Å². The van der Waals surface area contributed by atoms with Gasteiger partial charge in [-0.05, 0) is 43.5 Å². The Hall–Kier alpha value is -1.54. The third-order valence-corrected chi connectivity index (χ3v) is 3.47. The summed E-state index contributed by atoms with van der Waals surface area (Å²) in [6, 6.07) is 11.4. The van der Waals surface area contributed by atoms with Crippen LogP contribution in [0.3, 0.4) is 0 Å². The first-order valence-electron chi connectivity index (χ1n) is 7.09. The minimum Gasteiger partial charge on any atom is -0.469 e. The number of aryl methyl sites for hydroxylation is 2. The molecule has 1 N–H and O–H groups in total. The number of hydrogen-bond donors (Lipinski definition) is 1. The van der Waals surface area contributed by atoms with Gasteiger partial charge in [0.15, 0.2) is 0 Å². The Bertz CT molecular complexity index is 498. The average Bonchev–Trinajstić information content (AvgIpc) is 2.86. The second kappa shape index (κ2) is 6.58. The van der Waals surface area contributed by atoms with Gasteiger partial charge in [-0.25, -0.2) is 0 Å². The Balaban J connectivity index is 2.11. The van der Waals surface area contributed by atoms with Crippen LogP contribution in [0.25, 0.3) is 0 Å². The van der Waals surface area contributed by atoms with Gasteiger partial charge in [0.2, 0.25) is 0 Å². The van der Waals surface area contributed by atoms with Crippen molar-refractivity contribution >= 4 is 0 Å². The number of rotatable bonds is 6. The molecule has 0 bridgehead atoms. The van der Waals surface area contributed by atoms with E-state index in [1.54, 1.807) is 0 Å². The van der Waals surface area contributed by atoms with Crippen LogP contribution in [0, 0.1) is 6.92 Å². The molecule has 0 radical (unpaired) electrons. The van der Waals surface area contributed by atoms with E-state index < -0.39 is 0 Å². The predicted molar refractivity (Wildman–Crippen MR) is 79.4 cm³/mol. The van der Waals surface area contributed by atoms with Crippen molar-refractivity contribution in [2.24, 2.45) is 0 Å². The first-order chi connectivity index (χ1) is 9.22. The van der Waals surface area contributed by atoms with E-state index in [0.29, 0.717) is 6.04 Å². The lowest BCUT2D eigenvalue weighted by Gasteiger charge is -2.16. The highest BCUT2D eigenvalue weighted by Gasteiger charge is 2.13.